The van der Waals surface area contributed by atoms with E-state index in [0.717, 1.165) is 122 Å². The quantitative estimate of drug-likeness (QED) is 0.00889. The Hall–Kier alpha value is -2.79. The van der Waals surface area contributed by atoms with Crippen LogP contribution in [0, 0.1) is 11.8 Å². The van der Waals surface area contributed by atoms with E-state index in [1.807, 2.05) is 0 Å². The van der Waals surface area contributed by atoms with Crippen molar-refractivity contribution < 1.29 is 122 Å². The number of unbranched alkanes of at least 4 members (excludes halogenated alkanes) is 44. The Balaban J connectivity index is 1.92. The molecule has 20 atom stereocenters. The lowest BCUT2D eigenvalue weighted by atomic mass is 9.84. The Morgan fingerprint density at radius 3 is 1.08 bits per heavy atom. The van der Waals surface area contributed by atoms with Crippen molar-refractivity contribution in [1.29, 1.82) is 0 Å². The molecule has 3 rings (SSSR count). The third kappa shape index (κ3) is 51.3. The SMILES string of the molecule is CCCCCCCC/C=C\CCCCCC(=O)OC1C(O)C(O)C(OC2OC(CO)C(O)C(O)C2O)C(OP(=O)(O)OCC(COC(=O)CCCCCCCCC(C)CCCCCCCC)OC(=O)CCCCCCCCC(C)CCCCCCCC)C1OC1OC(COC(=O)CCCCCCCCCCCCCCCCCC)C(O)C(O)C1O. The molecule has 0 bridgehead atoms. The second-order valence-electron chi connectivity index (χ2n) is 35.5. The van der Waals surface area contributed by atoms with Gasteiger partial charge in [0.1, 0.15) is 92.6 Å². The van der Waals surface area contributed by atoms with Crippen LogP contribution in [-0.2, 0) is 70.7 Å². The number of aliphatic hydroxyl groups is 9. The van der Waals surface area contributed by atoms with Crippen LogP contribution < -0.4 is 0 Å². The number of carbonyl (C=O) groups is 4. The van der Waals surface area contributed by atoms with E-state index in [9.17, 15) is 74.6 Å². The molecule has 10 N–H and O–H groups in total. The molecule has 2 saturated heterocycles. The molecule has 0 amide bonds. The van der Waals surface area contributed by atoms with Gasteiger partial charge in [-0.15, -0.1) is 0 Å². The molecular weight excluding hydrogens is 1560 g/mol. The smallest absolute Gasteiger partial charge is 0.463 e. The lowest BCUT2D eigenvalue weighted by Gasteiger charge is -2.50. The zero-order valence-electron chi connectivity index (χ0n) is 75.7. The summed E-state index contributed by atoms with van der Waals surface area (Å²) in [6, 6.07) is 0. The number of allylic oxidation sites excluding steroid dienone is 2. The van der Waals surface area contributed by atoms with E-state index in [4.69, 9.17) is 46.9 Å². The average molecular weight is 1740 g/mol. The maximum Gasteiger partial charge on any atom is 0.472 e. The Bertz CT molecular complexity index is 2570. The topological polar surface area (TPSA) is 380 Å². The average Bonchev–Trinajstić information content (AvgIpc) is 0.754. The van der Waals surface area contributed by atoms with Gasteiger partial charge in [-0.3, -0.25) is 28.2 Å². The summed E-state index contributed by atoms with van der Waals surface area (Å²) in [4.78, 5) is 66.6. The number of phosphoric acid groups is 1. The van der Waals surface area contributed by atoms with Gasteiger partial charge in [-0.1, -0.05) is 355 Å². The molecule has 2 aliphatic heterocycles. The van der Waals surface area contributed by atoms with E-state index in [0.29, 0.717) is 43.9 Å². The Morgan fingerprint density at radius 2 is 0.675 bits per heavy atom. The molecule has 0 aromatic rings. The fraction of sp³-hybridized carbons (Fsp3) is 0.936. The van der Waals surface area contributed by atoms with Crippen LogP contribution in [0.4, 0.5) is 0 Å². The molecule has 0 aromatic heterocycles. The minimum Gasteiger partial charge on any atom is -0.463 e. The standard InChI is InChI=1S/C94H175O25P/c1-7-11-15-19-23-25-27-29-30-31-33-34-36-38-48-57-65-78(97)111-71-76-82(101)84(103)88(107)94(115-76)118-91-89(116-80(99)67-59-50-39-37-35-32-28-26-24-20-16-12-8-2)85(104)86(105)90(117-93-87(106)83(102)81(100)75(68-95)114-93)92(91)119-120(108,109)112-70-74(113-79(98)66-58-51-43-41-47-55-63-73(6)61-53-45-22-18-14-10-4)69-110-77(96)64-56-49-42-40-46-54-62-72(5)60-52-44-21-17-13-9-3/h32,35,72-76,81-95,100-107H,7-31,33-34,36-71H2,1-6H3,(H,108,109)/b35-32-. The molecule has 1 saturated carbocycles. The van der Waals surface area contributed by atoms with Crippen molar-refractivity contribution in [2.75, 3.05) is 26.4 Å². The number of ether oxygens (including phenoxy) is 8. The van der Waals surface area contributed by atoms with Gasteiger partial charge in [-0.25, -0.2) is 4.57 Å². The maximum atomic E-state index is 14.9. The Morgan fingerprint density at radius 1 is 0.350 bits per heavy atom. The molecular formula is C94H175O25P. The fourth-order valence-electron chi connectivity index (χ4n) is 16.4. The van der Waals surface area contributed by atoms with E-state index in [1.54, 1.807) is 0 Å². The highest BCUT2D eigenvalue weighted by molar-refractivity contribution is 7.47. The molecule has 120 heavy (non-hydrogen) atoms. The summed E-state index contributed by atoms with van der Waals surface area (Å²) in [5, 5.41) is 102. The molecule has 2 heterocycles. The van der Waals surface area contributed by atoms with E-state index in [2.05, 4.69) is 53.7 Å². The third-order valence-corrected chi connectivity index (χ3v) is 25.3. The number of carbonyl (C=O) groups excluding carboxylic acids is 4. The zero-order valence-corrected chi connectivity index (χ0v) is 76.6. The normalized spacial score (nSPS) is 25.3. The molecule has 3 fully saturated rings. The van der Waals surface area contributed by atoms with Gasteiger partial charge >= 0.3 is 31.7 Å². The third-order valence-electron chi connectivity index (χ3n) is 24.3. The maximum absolute atomic E-state index is 14.9. The summed E-state index contributed by atoms with van der Waals surface area (Å²) in [6.45, 7) is 10.3. The molecule has 3 aliphatic rings. The monoisotopic (exact) mass is 1740 g/mol. The highest BCUT2D eigenvalue weighted by atomic mass is 31.2. The van der Waals surface area contributed by atoms with Crippen LogP contribution in [0.3, 0.4) is 0 Å². The number of aliphatic hydroxyl groups excluding tert-OH is 9. The molecule has 25 nitrogen and oxygen atoms in total. The highest BCUT2D eigenvalue weighted by Crippen LogP contribution is 2.49. The van der Waals surface area contributed by atoms with Crippen LogP contribution in [0.5, 0.6) is 0 Å². The molecule has 26 heteroatoms. The van der Waals surface area contributed by atoms with Crippen molar-refractivity contribution in [2.45, 2.75) is 525 Å². The van der Waals surface area contributed by atoms with Gasteiger partial charge in [-0.2, -0.15) is 0 Å². The van der Waals surface area contributed by atoms with E-state index in [1.165, 1.54) is 193 Å². The first-order valence-corrected chi connectivity index (χ1v) is 50.2. The summed E-state index contributed by atoms with van der Waals surface area (Å²) in [7, 11) is -5.81. The molecule has 0 spiro atoms. The van der Waals surface area contributed by atoms with Gasteiger partial charge in [-0.05, 0) is 63.2 Å². The second-order valence-corrected chi connectivity index (χ2v) is 36.9. The largest absolute Gasteiger partial charge is 0.472 e. The lowest BCUT2D eigenvalue weighted by molar-refractivity contribution is -0.360. The molecule has 20 unspecified atom stereocenters. The van der Waals surface area contributed by atoms with Crippen LogP contribution in [0.2, 0.25) is 0 Å². The Kier molecular flexibility index (Phi) is 66.1. The van der Waals surface area contributed by atoms with Crippen molar-refractivity contribution in [3.05, 3.63) is 12.2 Å². The molecule has 0 radical (unpaired) electrons. The number of rotatable bonds is 78. The fourth-order valence-corrected chi connectivity index (χ4v) is 17.4. The van der Waals surface area contributed by atoms with Crippen molar-refractivity contribution in [3.8, 4) is 0 Å². The summed E-state index contributed by atoms with van der Waals surface area (Å²) >= 11 is 0. The lowest BCUT2D eigenvalue weighted by Crippen LogP contribution is -2.70. The van der Waals surface area contributed by atoms with Crippen molar-refractivity contribution in [2.24, 2.45) is 11.8 Å². The van der Waals surface area contributed by atoms with Gasteiger partial charge in [0.25, 0.3) is 0 Å². The van der Waals surface area contributed by atoms with E-state index in [-0.39, 0.29) is 32.1 Å². The summed E-state index contributed by atoms with van der Waals surface area (Å²) in [5.74, 6) is -1.62. The predicted molar refractivity (Wildman–Crippen MR) is 467 cm³/mol. The van der Waals surface area contributed by atoms with E-state index < -0.39 is 162 Å². The first-order valence-electron chi connectivity index (χ1n) is 48.7. The van der Waals surface area contributed by atoms with Crippen molar-refractivity contribution >= 4 is 31.7 Å². The molecule has 0 aromatic carbocycles. The van der Waals surface area contributed by atoms with Gasteiger partial charge in [0.15, 0.2) is 24.8 Å². The number of esters is 4. The summed E-state index contributed by atoms with van der Waals surface area (Å²) in [6.07, 6.45) is 27.8. The van der Waals surface area contributed by atoms with Crippen molar-refractivity contribution in [3.63, 3.8) is 0 Å². The van der Waals surface area contributed by atoms with Crippen LogP contribution >= 0.6 is 7.82 Å². The van der Waals surface area contributed by atoms with Crippen LogP contribution in [0.1, 0.15) is 420 Å². The van der Waals surface area contributed by atoms with Crippen LogP contribution in [-0.4, -0.2) is 205 Å². The summed E-state index contributed by atoms with van der Waals surface area (Å²) < 4.78 is 73.6. The summed E-state index contributed by atoms with van der Waals surface area (Å²) in [5.41, 5.74) is 0. The highest BCUT2D eigenvalue weighted by Gasteiger charge is 2.60. The van der Waals surface area contributed by atoms with Gasteiger partial charge < -0.3 is 88.7 Å². The number of hydrogen-bond acceptors (Lipinski definition) is 24. The zero-order chi connectivity index (χ0) is 87.8. The van der Waals surface area contributed by atoms with Crippen molar-refractivity contribution in [1.82, 2.24) is 0 Å². The first kappa shape index (κ1) is 111. The predicted octanol–water partition coefficient (Wildman–Crippen LogP) is 18.4. The minimum atomic E-state index is -5.81. The molecule has 706 valence electrons. The number of hydrogen-bond donors (Lipinski definition) is 10. The number of phosphoric ester groups is 1. The van der Waals surface area contributed by atoms with Gasteiger partial charge in [0.05, 0.1) is 13.2 Å². The van der Waals surface area contributed by atoms with Gasteiger partial charge in [0, 0.05) is 25.7 Å². The second kappa shape index (κ2) is 71.2. The van der Waals surface area contributed by atoms with Crippen LogP contribution in [0.25, 0.3) is 0 Å². The van der Waals surface area contributed by atoms with E-state index >= 15 is 0 Å². The first-order chi connectivity index (χ1) is 58.0. The van der Waals surface area contributed by atoms with Crippen LogP contribution in [0.15, 0.2) is 12.2 Å². The minimum absolute atomic E-state index is 0.0167. The molecule has 1 aliphatic carbocycles. The van der Waals surface area contributed by atoms with Gasteiger partial charge in [0.2, 0.25) is 0 Å². The Labute approximate surface area is 724 Å².